The van der Waals surface area contributed by atoms with Crippen LogP contribution in [0.1, 0.15) is 14.6 Å². The number of aromatic nitrogens is 2. The van der Waals surface area contributed by atoms with Crippen LogP contribution in [0.15, 0.2) is 48.9 Å². The fraction of sp³-hybridized carbons (Fsp3) is 0.261. The highest BCUT2D eigenvalue weighted by Gasteiger charge is 2.20. The number of amides is 1. The van der Waals surface area contributed by atoms with Gasteiger partial charge in [-0.15, -0.1) is 0 Å². The van der Waals surface area contributed by atoms with E-state index in [-0.39, 0.29) is 27.5 Å². The molecule has 1 atom stereocenters. The van der Waals surface area contributed by atoms with Crippen LogP contribution in [0.3, 0.4) is 0 Å². The quantitative estimate of drug-likeness (QED) is 0.489. The SMILES string of the molecule is [2H]C([2H])([2H])N(/C=C/C(=O)Nc1cc2c(Nc3ccc(F)c(Cl)c3)ncnc2cc1OC1CCOC1)C([2H])([2H])[2H]. The Bertz CT molecular complexity index is 1390. The van der Waals surface area contributed by atoms with Crippen LogP contribution in [-0.2, 0) is 9.53 Å². The van der Waals surface area contributed by atoms with Crippen molar-refractivity contribution in [2.24, 2.45) is 0 Å². The average molecular weight is 478 g/mol. The molecule has 10 heteroatoms. The third kappa shape index (κ3) is 5.68. The molecule has 1 unspecified atom stereocenters. The smallest absolute Gasteiger partial charge is 0.249 e. The van der Waals surface area contributed by atoms with Crippen molar-refractivity contribution in [2.45, 2.75) is 12.5 Å². The van der Waals surface area contributed by atoms with E-state index in [1.165, 1.54) is 24.5 Å². The van der Waals surface area contributed by atoms with E-state index in [0.717, 1.165) is 6.08 Å². The Morgan fingerprint density at radius 1 is 1.36 bits per heavy atom. The first-order chi connectivity index (χ1) is 18.3. The van der Waals surface area contributed by atoms with Crippen LogP contribution in [0, 0.1) is 5.82 Å². The largest absolute Gasteiger partial charge is 0.486 e. The molecule has 2 aromatic carbocycles. The van der Waals surface area contributed by atoms with Crippen molar-refractivity contribution in [2.75, 3.05) is 37.8 Å². The van der Waals surface area contributed by atoms with Crippen molar-refractivity contribution < 1.29 is 26.9 Å². The molecule has 0 bridgehead atoms. The standard InChI is InChI=1S/C23H23ClFN5O3/c1-30(2)7-5-22(31)29-20-10-16-19(11-21(20)33-15-6-8-32-12-15)26-13-27-23(16)28-14-3-4-18(25)17(24)9-14/h3-5,7,9-11,13,15H,6,8,12H2,1-2H3,(H,29,31)(H,26,27,28)/b7-5+/i1D3,2D3. The minimum Gasteiger partial charge on any atom is -0.486 e. The van der Waals surface area contributed by atoms with E-state index in [1.807, 2.05) is 0 Å². The van der Waals surface area contributed by atoms with E-state index in [9.17, 15) is 9.18 Å². The zero-order chi connectivity index (χ0) is 28.4. The molecule has 0 spiro atoms. The Labute approximate surface area is 203 Å². The molecule has 0 saturated carbocycles. The first-order valence-electron chi connectivity index (χ1n) is 12.8. The van der Waals surface area contributed by atoms with Gasteiger partial charge in [0.1, 0.15) is 29.8 Å². The number of ether oxygens (including phenoxy) is 2. The van der Waals surface area contributed by atoms with Crippen molar-refractivity contribution >= 4 is 45.6 Å². The number of hydrogen-bond donors (Lipinski definition) is 2. The third-order valence-electron chi connectivity index (χ3n) is 4.73. The number of anilines is 3. The topological polar surface area (TPSA) is 88.6 Å². The number of rotatable bonds is 7. The molecule has 172 valence electrons. The summed E-state index contributed by atoms with van der Waals surface area (Å²) in [6.45, 7) is -5.13. The second kappa shape index (κ2) is 10.0. The summed E-state index contributed by atoms with van der Waals surface area (Å²) in [7, 11) is 0. The molecule has 1 saturated heterocycles. The maximum atomic E-state index is 13.6. The molecule has 2 N–H and O–H groups in total. The van der Waals surface area contributed by atoms with E-state index in [2.05, 4.69) is 20.6 Å². The molecule has 1 fully saturated rings. The normalized spacial score (nSPS) is 19.2. The molecular formula is C23H23ClFN5O3. The minimum absolute atomic E-state index is 0.0873. The molecule has 0 aliphatic carbocycles. The lowest BCUT2D eigenvalue weighted by Crippen LogP contribution is -2.18. The van der Waals surface area contributed by atoms with Crippen LogP contribution in [0.25, 0.3) is 10.9 Å². The van der Waals surface area contributed by atoms with Gasteiger partial charge in [0.05, 0.1) is 29.4 Å². The van der Waals surface area contributed by atoms with Gasteiger partial charge in [0.2, 0.25) is 5.91 Å². The van der Waals surface area contributed by atoms with Gasteiger partial charge in [0.25, 0.3) is 0 Å². The van der Waals surface area contributed by atoms with Crippen LogP contribution in [0.4, 0.5) is 21.6 Å². The van der Waals surface area contributed by atoms with Crippen LogP contribution < -0.4 is 15.4 Å². The molecule has 0 radical (unpaired) electrons. The lowest BCUT2D eigenvalue weighted by atomic mass is 10.1. The van der Waals surface area contributed by atoms with E-state index < -0.39 is 25.7 Å². The Morgan fingerprint density at radius 2 is 2.24 bits per heavy atom. The maximum Gasteiger partial charge on any atom is 0.249 e. The Hall–Kier alpha value is -3.43. The number of carbonyl (C=O) groups is 1. The lowest BCUT2D eigenvalue weighted by Gasteiger charge is -2.18. The van der Waals surface area contributed by atoms with Gasteiger partial charge in [0.15, 0.2) is 0 Å². The molecule has 8 nitrogen and oxygen atoms in total. The van der Waals surface area contributed by atoms with E-state index in [4.69, 9.17) is 29.3 Å². The fourth-order valence-corrected chi connectivity index (χ4v) is 3.37. The highest BCUT2D eigenvalue weighted by atomic mass is 35.5. The molecule has 33 heavy (non-hydrogen) atoms. The predicted molar refractivity (Wildman–Crippen MR) is 126 cm³/mol. The summed E-state index contributed by atoms with van der Waals surface area (Å²) >= 11 is 5.89. The van der Waals surface area contributed by atoms with E-state index in [1.54, 1.807) is 12.1 Å². The molecule has 1 aliphatic rings. The molecule has 4 rings (SSSR count). The van der Waals surface area contributed by atoms with Crippen LogP contribution in [-0.4, -0.2) is 54.0 Å². The molecule has 1 amide bonds. The monoisotopic (exact) mass is 477 g/mol. The highest BCUT2D eigenvalue weighted by molar-refractivity contribution is 6.31. The first kappa shape index (κ1) is 16.2. The number of fused-ring (bicyclic) bond motifs is 1. The van der Waals surface area contributed by atoms with Crippen molar-refractivity contribution in [3.05, 3.63) is 59.8 Å². The molecular weight excluding hydrogens is 449 g/mol. The van der Waals surface area contributed by atoms with Gasteiger partial charge in [-0.25, -0.2) is 14.4 Å². The number of halogens is 2. The van der Waals surface area contributed by atoms with Crippen molar-refractivity contribution in [1.29, 1.82) is 0 Å². The number of nitrogens with zero attached hydrogens (tertiary/aromatic N) is 3. The van der Waals surface area contributed by atoms with Gasteiger partial charge in [-0.05, 0) is 24.3 Å². The highest BCUT2D eigenvalue weighted by Crippen LogP contribution is 2.35. The van der Waals surface area contributed by atoms with E-state index in [0.29, 0.717) is 48.2 Å². The second-order valence-electron chi connectivity index (χ2n) is 7.12. The number of carbonyl (C=O) groups excluding carboxylic acids is 1. The number of nitrogens with one attached hydrogen (secondary N) is 2. The lowest BCUT2D eigenvalue weighted by molar-refractivity contribution is -0.112. The summed E-state index contributed by atoms with van der Waals surface area (Å²) in [4.78, 5) is 21.4. The summed E-state index contributed by atoms with van der Waals surface area (Å²) in [6, 6.07) is 7.20. The summed E-state index contributed by atoms with van der Waals surface area (Å²) < 4.78 is 69.6. The fourth-order valence-electron chi connectivity index (χ4n) is 3.19. The Morgan fingerprint density at radius 3 is 3.00 bits per heavy atom. The summed E-state index contributed by atoms with van der Waals surface area (Å²) in [5.74, 6) is -0.809. The third-order valence-corrected chi connectivity index (χ3v) is 5.02. The van der Waals surface area contributed by atoms with Gasteiger partial charge in [-0.3, -0.25) is 4.79 Å². The first-order valence-corrected chi connectivity index (χ1v) is 10.2. The maximum absolute atomic E-state index is 13.6. The Kier molecular flexibility index (Phi) is 4.92. The van der Waals surface area contributed by atoms with Gasteiger partial charge in [-0.2, -0.15) is 0 Å². The van der Waals surface area contributed by atoms with Crippen molar-refractivity contribution in [1.82, 2.24) is 14.9 Å². The summed E-state index contributed by atoms with van der Waals surface area (Å²) in [6.07, 6.45) is 3.15. The zero-order valence-corrected chi connectivity index (χ0v) is 17.9. The number of hydrogen-bond acceptors (Lipinski definition) is 7. The summed E-state index contributed by atoms with van der Waals surface area (Å²) in [5.41, 5.74) is 1.10. The van der Waals surface area contributed by atoms with E-state index >= 15 is 0 Å². The molecule has 1 aromatic heterocycles. The van der Waals surface area contributed by atoms with Gasteiger partial charge in [0, 0.05) is 58.0 Å². The minimum atomic E-state index is -3.00. The Balaban J connectivity index is 1.69. The van der Waals surface area contributed by atoms with Gasteiger partial charge >= 0.3 is 0 Å². The molecule has 3 aromatic rings. The zero-order valence-electron chi connectivity index (χ0n) is 23.1. The predicted octanol–water partition coefficient (Wildman–Crippen LogP) is 4.35. The van der Waals surface area contributed by atoms with Gasteiger partial charge in [-0.1, -0.05) is 11.6 Å². The second-order valence-corrected chi connectivity index (χ2v) is 7.53. The average Bonchev–Trinajstić information content (AvgIpc) is 3.34. The molecule has 2 heterocycles. The van der Waals surface area contributed by atoms with Crippen LogP contribution in [0.5, 0.6) is 5.75 Å². The van der Waals surface area contributed by atoms with Gasteiger partial charge < -0.3 is 25.0 Å². The van der Waals surface area contributed by atoms with Crippen molar-refractivity contribution in [3.63, 3.8) is 0 Å². The summed E-state index contributed by atoms with van der Waals surface area (Å²) in [5, 5.41) is 6.01. The van der Waals surface area contributed by atoms with Crippen LogP contribution in [0.2, 0.25) is 5.02 Å². The number of benzene rings is 2. The molecule has 1 aliphatic heterocycles. The van der Waals surface area contributed by atoms with Crippen molar-refractivity contribution in [3.8, 4) is 5.75 Å². The van der Waals surface area contributed by atoms with Crippen LogP contribution >= 0.6 is 11.6 Å².